The van der Waals surface area contributed by atoms with Crippen LogP contribution in [-0.2, 0) is 4.79 Å². The molecule has 0 spiro atoms. The van der Waals surface area contributed by atoms with Gasteiger partial charge in [0.15, 0.2) is 0 Å². The van der Waals surface area contributed by atoms with E-state index in [-0.39, 0.29) is 17.8 Å². The molecule has 0 bridgehead atoms. The van der Waals surface area contributed by atoms with E-state index in [1.807, 2.05) is 19.9 Å². The quantitative estimate of drug-likeness (QED) is 0.548. The predicted octanol–water partition coefficient (Wildman–Crippen LogP) is 6.25. The topological polar surface area (TPSA) is 17.1 Å². The van der Waals surface area contributed by atoms with Gasteiger partial charge in [0.1, 0.15) is 5.78 Å². The Kier molecular flexibility index (Phi) is 4.46. The number of hydrogen-bond donors (Lipinski definition) is 0. The maximum absolute atomic E-state index is 12.9. The summed E-state index contributed by atoms with van der Waals surface area (Å²) < 4.78 is 0. The molecule has 0 aromatic heterocycles. The number of ketones is 1. The summed E-state index contributed by atoms with van der Waals surface area (Å²) in [6.45, 7) is 4.02. The van der Waals surface area contributed by atoms with E-state index in [0.29, 0.717) is 5.78 Å². The zero-order valence-corrected chi connectivity index (χ0v) is 15.4. The first-order chi connectivity index (χ1) is 12.6. The van der Waals surface area contributed by atoms with Crippen molar-refractivity contribution in [3.05, 3.63) is 90.0 Å². The highest BCUT2D eigenvalue weighted by Gasteiger charge is 2.35. The van der Waals surface area contributed by atoms with Crippen LogP contribution in [0.4, 0.5) is 0 Å². The Morgan fingerprint density at radius 2 is 1.58 bits per heavy atom. The lowest BCUT2D eigenvalue weighted by Gasteiger charge is -2.21. The van der Waals surface area contributed by atoms with Crippen LogP contribution in [-0.4, -0.2) is 5.78 Å². The SMILES string of the molecule is CC(C)C(=O)C1C=C(c2ccccc2)CC1c1ccc2ccccc2c1. The van der Waals surface area contributed by atoms with Crippen molar-refractivity contribution in [2.45, 2.75) is 26.2 Å². The molecule has 0 radical (unpaired) electrons. The number of allylic oxidation sites excluding steroid dienone is 2. The third-order valence-electron chi connectivity index (χ3n) is 5.50. The summed E-state index contributed by atoms with van der Waals surface area (Å²) in [5.74, 6) is 0.583. The van der Waals surface area contributed by atoms with Crippen LogP contribution >= 0.6 is 0 Å². The van der Waals surface area contributed by atoms with Crippen LogP contribution in [0, 0.1) is 11.8 Å². The molecule has 0 N–H and O–H groups in total. The smallest absolute Gasteiger partial charge is 0.142 e. The summed E-state index contributed by atoms with van der Waals surface area (Å²) in [4.78, 5) is 12.9. The molecule has 26 heavy (non-hydrogen) atoms. The minimum atomic E-state index is -0.0358. The summed E-state index contributed by atoms with van der Waals surface area (Å²) in [6, 6.07) is 25.5. The summed E-state index contributed by atoms with van der Waals surface area (Å²) in [7, 11) is 0. The van der Waals surface area contributed by atoms with E-state index >= 15 is 0 Å². The van der Waals surface area contributed by atoms with Gasteiger partial charge in [-0.05, 0) is 33.9 Å². The average molecular weight is 340 g/mol. The molecule has 1 heteroatoms. The summed E-state index contributed by atoms with van der Waals surface area (Å²) in [5, 5.41) is 2.49. The van der Waals surface area contributed by atoms with Crippen LogP contribution in [0.2, 0.25) is 0 Å². The molecule has 3 aromatic rings. The molecule has 0 aliphatic heterocycles. The largest absolute Gasteiger partial charge is 0.299 e. The van der Waals surface area contributed by atoms with Gasteiger partial charge in [-0.2, -0.15) is 0 Å². The molecular weight excluding hydrogens is 316 g/mol. The Balaban J connectivity index is 1.74. The van der Waals surface area contributed by atoms with Gasteiger partial charge in [0.25, 0.3) is 0 Å². The van der Waals surface area contributed by atoms with E-state index < -0.39 is 0 Å². The second-order valence-electron chi connectivity index (χ2n) is 7.56. The van der Waals surface area contributed by atoms with Crippen molar-refractivity contribution in [2.24, 2.45) is 11.8 Å². The third-order valence-corrected chi connectivity index (χ3v) is 5.50. The van der Waals surface area contributed by atoms with Crippen molar-refractivity contribution in [2.75, 3.05) is 0 Å². The Bertz CT molecular complexity index is 966. The predicted molar refractivity (Wildman–Crippen MR) is 109 cm³/mol. The minimum Gasteiger partial charge on any atom is -0.299 e. The third kappa shape index (κ3) is 3.10. The lowest BCUT2D eigenvalue weighted by molar-refractivity contribution is -0.124. The maximum Gasteiger partial charge on any atom is 0.142 e. The van der Waals surface area contributed by atoms with Crippen LogP contribution in [0.25, 0.3) is 16.3 Å². The van der Waals surface area contributed by atoms with Crippen molar-refractivity contribution in [1.29, 1.82) is 0 Å². The Morgan fingerprint density at radius 3 is 2.31 bits per heavy atom. The molecule has 2 unspecified atom stereocenters. The van der Waals surface area contributed by atoms with E-state index in [9.17, 15) is 4.79 Å². The molecule has 1 aliphatic rings. The fourth-order valence-electron chi connectivity index (χ4n) is 4.06. The molecule has 0 heterocycles. The Labute approximate surface area is 155 Å². The number of carbonyl (C=O) groups excluding carboxylic acids is 1. The summed E-state index contributed by atoms with van der Waals surface area (Å²) >= 11 is 0. The summed E-state index contributed by atoms with van der Waals surface area (Å²) in [5.41, 5.74) is 3.80. The second-order valence-corrected chi connectivity index (χ2v) is 7.56. The number of hydrogen-bond acceptors (Lipinski definition) is 1. The van der Waals surface area contributed by atoms with Gasteiger partial charge in [0.05, 0.1) is 0 Å². The van der Waals surface area contributed by atoms with Gasteiger partial charge in [-0.3, -0.25) is 4.79 Å². The molecule has 0 amide bonds. The normalized spacial score (nSPS) is 19.7. The van der Waals surface area contributed by atoms with Gasteiger partial charge >= 0.3 is 0 Å². The van der Waals surface area contributed by atoms with E-state index in [1.54, 1.807) is 0 Å². The second kappa shape index (κ2) is 6.92. The maximum atomic E-state index is 12.9. The highest BCUT2D eigenvalue weighted by atomic mass is 16.1. The zero-order valence-electron chi connectivity index (χ0n) is 15.4. The molecule has 130 valence electrons. The van der Waals surface area contributed by atoms with Gasteiger partial charge in [-0.25, -0.2) is 0 Å². The molecule has 0 saturated heterocycles. The van der Waals surface area contributed by atoms with Gasteiger partial charge in [0, 0.05) is 17.8 Å². The average Bonchev–Trinajstić information content (AvgIpc) is 3.13. The number of Topliss-reactive ketones (excluding diaryl/α,β-unsaturated/α-hetero) is 1. The number of carbonyl (C=O) groups is 1. The van der Waals surface area contributed by atoms with Gasteiger partial charge < -0.3 is 0 Å². The fraction of sp³-hybridized carbons (Fsp3) is 0.240. The van der Waals surface area contributed by atoms with Crippen molar-refractivity contribution in [1.82, 2.24) is 0 Å². The first-order valence-corrected chi connectivity index (χ1v) is 9.42. The van der Waals surface area contributed by atoms with Gasteiger partial charge in [0.2, 0.25) is 0 Å². The van der Waals surface area contributed by atoms with Crippen LogP contribution in [0.5, 0.6) is 0 Å². The van der Waals surface area contributed by atoms with Crippen LogP contribution in [0.1, 0.15) is 37.3 Å². The molecule has 0 fully saturated rings. The molecule has 0 saturated carbocycles. The molecule has 3 aromatic carbocycles. The molecule has 2 atom stereocenters. The van der Waals surface area contributed by atoms with Gasteiger partial charge in [-0.1, -0.05) is 92.7 Å². The highest BCUT2D eigenvalue weighted by molar-refractivity contribution is 5.90. The highest BCUT2D eigenvalue weighted by Crippen LogP contribution is 2.44. The number of rotatable bonds is 4. The van der Waals surface area contributed by atoms with Crippen molar-refractivity contribution >= 4 is 22.1 Å². The van der Waals surface area contributed by atoms with Crippen molar-refractivity contribution < 1.29 is 4.79 Å². The van der Waals surface area contributed by atoms with E-state index in [2.05, 4.69) is 72.8 Å². The lowest BCUT2D eigenvalue weighted by Crippen LogP contribution is -2.22. The first-order valence-electron chi connectivity index (χ1n) is 9.42. The van der Waals surface area contributed by atoms with E-state index in [1.165, 1.54) is 27.5 Å². The first kappa shape index (κ1) is 16.8. The van der Waals surface area contributed by atoms with E-state index in [0.717, 1.165) is 6.42 Å². The Hall–Kier alpha value is -2.67. The molecule has 1 nitrogen and oxygen atoms in total. The number of benzene rings is 3. The molecule has 1 aliphatic carbocycles. The minimum absolute atomic E-state index is 0.0358. The van der Waals surface area contributed by atoms with Crippen molar-refractivity contribution in [3.8, 4) is 0 Å². The van der Waals surface area contributed by atoms with E-state index in [4.69, 9.17) is 0 Å². The standard InChI is InChI=1S/C25H24O/c1-17(2)25(26)24-16-22(18-8-4-3-5-9-18)15-23(24)21-13-12-19-10-6-7-11-20(19)14-21/h3-14,16-17,23-24H,15H2,1-2H3. The zero-order chi connectivity index (χ0) is 18.1. The van der Waals surface area contributed by atoms with Crippen LogP contribution < -0.4 is 0 Å². The monoisotopic (exact) mass is 340 g/mol. The molecule has 4 rings (SSSR count). The molecular formula is C25H24O. The van der Waals surface area contributed by atoms with Gasteiger partial charge in [-0.15, -0.1) is 0 Å². The van der Waals surface area contributed by atoms with Crippen LogP contribution in [0.15, 0.2) is 78.9 Å². The van der Waals surface area contributed by atoms with Crippen molar-refractivity contribution in [3.63, 3.8) is 0 Å². The fourth-order valence-corrected chi connectivity index (χ4v) is 4.06. The Morgan fingerprint density at radius 1 is 0.885 bits per heavy atom. The lowest BCUT2D eigenvalue weighted by atomic mass is 9.81. The van der Waals surface area contributed by atoms with Crippen LogP contribution in [0.3, 0.4) is 0 Å². The number of fused-ring (bicyclic) bond motifs is 1. The summed E-state index contributed by atoms with van der Waals surface area (Å²) in [6.07, 6.45) is 3.14.